The van der Waals surface area contributed by atoms with Gasteiger partial charge in [-0.1, -0.05) is 37.4 Å². The first-order valence-electron chi connectivity index (χ1n) is 9.86. The maximum atomic E-state index is 11.8. The molecule has 0 amide bonds. The van der Waals surface area contributed by atoms with Gasteiger partial charge >= 0.3 is 5.97 Å². The average molecular weight is 415 g/mol. The number of fused-ring (bicyclic) bond motifs is 1. The van der Waals surface area contributed by atoms with E-state index in [2.05, 4.69) is 34.9 Å². The second-order valence-electron chi connectivity index (χ2n) is 7.18. The number of unbranched alkanes of at least 4 members (excludes halogenated alkanes) is 2. The number of methoxy groups -OCH3 is 1. The maximum absolute atomic E-state index is 11.8. The highest BCUT2D eigenvalue weighted by atomic mass is 35.5. The lowest BCUT2D eigenvalue weighted by atomic mass is 10.1. The Balaban J connectivity index is 1.86. The number of halogens is 1. The van der Waals surface area contributed by atoms with Crippen LogP contribution in [-0.4, -0.2) is 41.2 Å². The van der Waals surface area contributed by atoms with Crippen molar-refractivity contribution in [3.8, 4) is 0 Å². The molecule has 6 nitrogen and oxygen atoms in total. The number of rotatable bonds is 8. The average Bonchev–Trinajstić information content (AvgIpc) is 3.03. The molecule has 2 aromatic heterocycles. The van der Waals surface area contributed by atoms with Gasteiger partial charge in [0.1, 0.15) is 11.3 Å². The molecule has 3 rings (SSSR count). The van der Waals surface area contributed by atoms with Crippen molar-refractivity contribution in [1.82, 2.24) is 14.5 Å². The predicted octanol–water partition coefficient (Wildman–Crippen LogP) is 4.85. The van der Waals surface area contributed by atoms with E-state index in [4.69, 9.17) is 16.3 Å². The Kier molecular flexibility index (Phi) is 6.75. The molecule has 0 N–H and O–H groups in total. The number of aromatic nitrogens is 3. The van der Waals surface area contributed by atoms with E-state index in [0.717, 1.165) is 29.1 Å². The van der Waals surface area contributed by atoms with Crippen LogP contribution in [0, 0.1) is 6.92 Å². The second-order valence-corrected chi connectivity index (χ2v) is 7.59. The van der Waals surface area contributed by atoms with Gasteiger partial charge in [-0.3, -0.25) is 0 Å². The van der Waals surface area contributed by atoms with Gasteiger partial charge in [0, 0.05) is 24.3 Å². The highest BCUT2D eigenvalue weighted by Gasteiger charge is 2.15. The first-order chi connectivity index (χ1) is 13.9. The molecule has 0 bridgehead atoms. The van der Waals surface area contributed by atoms with Gasteiger partial charge in [0.05, 0.1) is 13.7 Å². The summed E-state index contributed by atoms with van der Waals surface area (Å²) in [5, 5.41) is 0.704. The van der Waals surface area contributed by atoms with Gasteiger partial charge in [0.15, 0.2) is 11.3 Å². The lowest BCUT2D eigenvalue weighted by molar-refractivity contribution is 0.0594. The molecular formula is C22H27ClN4O2. The highest BCUT2D eigenvalue weighted by Crippen LogP contribution is 2.26. The number of pyridine rings is 1. The number of carbonyl (C=O) groups excluding carboxylic acids is 1. The van der Waals surface area contributed by atoms with Crippen molar-refractivity contribution in [3.05, 3.63) is 52.4 Å². The summed E-state index contributed by atoms with van der Waals surface area (Å²) in [7, 11) is 3.43. The fourth-order valence-electron chi connectivity index (χ4n) is 3.32. The zero-order chi connectivity index (χ0) is 21.0. The number of aryl methyl sites for hydroxylation is 1. The summed E-state index contributed by atoms with van der Waals surface area (Å²) >= 11 is 6.60. The molecular weight excluding hydrogens is 388 g/mol. The Morgan fingerprint density at radius 1 is 1.21 bits per heavy atom. The molecule has 0 aliphatic rings. The fourth-order valence-corrected chi connectivity index (χ4v) is 3.56. The number of nitrogens with zero attached hydrogens (tertiary/aromatic N) is 4. The normalized spacial score (nSPS) is 11.1. The van der Waals surface area contributed by atoms with Crippen molar-refractivity contribution in [1.29, 1.82) is 0 Å². The Morgan fingerprint density at radius 2 is 2.00 bits per heavy atom. The summed E-state index contributed by atoms with van der Waals surface area (Å²) < 4.78 is 6.75. The molecule has 29 heavy (non-hydrogen) atoms. The van der Waals surface area contributed by atoms with Gasteiger partial charge in [-0.2, -0.15) is 0 Å². The number of esters is 1. The van der Waals surface area contributed by atoms with E-state index in [9.17, 15) is 4.79 Å². The van der Waals surface area contributed by atoms with Gasteiger partial charge in [-0.15, -0.1) is 0 Å². The van der Waals surface area contributed by atoms with Crippen LogP contribution in [0.2, 0.25) is 5.02 Å². The van der Waals surface area contributed by atoms with Crippen molar-refractivity contribution in [2.45, 2.75) is 39.7 Å². The number of imidazole rings is 1. The second kappa shape index (κ2) is 9.27. The lowest BCUT2D eigenvalue weighted by Crippen LogP contribution is -2.18. The minimum absolute atomic E-state index is 0.260. The summed E-state index contributed by atoms with van der Waals surface area (Å²) in [5.41, 5.74) is 3.72. The lowest BCUT2D eigenvalue weighted by Gasteiger charge is -2.20. The molecule has 1 aromatic carbocycles. The van der Waals surface area contributed by atoms with E-state index in [0.29, 0.717) is 17.2 Å². The number of hydrogen-bond acceptors (Lipinski definition) is 5. The number of benzene rings is 1. The molecule has 154 valence electrons. The molecule has 0 aliphatic heterocycles. The molecule has 3 aromatic rings. The monoisotopic (exact) mass is 414 g/mol. The van der Waals surface area contributed by atoms with Crippen molar-refractivity contribution in [3.63, 3.8) is 0 Å². The van der Waals surface area contributed by atoms with Gasteiger partial charge in [0.2, 0.25) is 0 Å². The predicted molar refractivity (Wildman–Crippen MR) is 117 cm³/mol. The molecule has 2 heterocycles. The maximum Gasteiger partial charge on any atom is 0.356 e. The molecule has 0 aliphatic carbocycles. The van der Waals surface area contributed by atoms with Crippen molar-refractivity contribution < 1.29 is 9.53 Å². The third kappa shape index (κ3) is 4.70. The number of anilines is 1. The summed E-state index contributed by atoms with van der Waals surface area (Å²) in [4.78, 5) is 23.1. The van der Waals surface area contributed by atoms with Crippen molar-refractivity contribution >= 4 is 34.4 Å². The zero-order valence-electron chi connectivity index (χ0n) is 17.4. The molecule has 7 heteroatoms. The Labute approximate surface area is 176 Å². The standard InChI is InChI=1S/C22H27ClN4O2/c1-5-6-7-12-26(3)17-9-8-16(18(23)13-17)14-27-15(2)24-19-10-11-20(22(28)29-4)25-21(19)27/h8-11,13H,5-7,12,14H2,1-4H3. The van der Waals surface area contributed by atoms with Crippen molar-refractivity contribution in [2.75, 3.05) is 25.6 Å². The van der Waals surface area contributed by atoms with Crippen LogP contribution in [0.25, 0.3) is 11.2 Å². The van der Waals surface area contributed by atoms with E-state index in [1.54, 1.807) is 12.1 Å². The number of ether oxygens (including phenoxy) is 1. The molecule has 0 radical (unpaired) electrons. The van der Waals surface area contributed by atoms with Crippen LogP contribution in [-0.2, 0) is 11.3 Å². The highest BCUT2D eigenvalue weighted by molar-refractivity contribution is 6.31. The van der Waals surface area contributed by atoms with Crippen LogP contribution < -0.4 is 4.90 Å². The molecule has 0 saturated heterocycles. The van der Waals surface area contributed by atoms with Crippen LogP contribution in [0.3, 0.4) is 0 Å². The summed E-state index contributed by atoms with van der Waals surface area (Å²) in [6, 6.07) is 9.55. The number of hydrogen-bond donors (Lipinski definition) is 0. The number of carbonyl (C=O) groups is 1. The summed E-state index contributed by atoms with van der Waals surface area (Å²) in [6.07, 6.45) is 3.60. The molecule has 0 saturated carbocycles. The van der Waals surface area contributed by atoms with Crippen LogP contribution in [0.5, 0.6) is 0 Å². The summed E-state index contributed by atoms with van der Waals surface area (Å²) in [5.74, 6) is 0.345. The topological polar surface area (TPSA) is 60.2 Å². The SMILES string of the molecule is CCCCCN(C)c1ccc(Cn2c(C)nc3ccc(C(=O)OC)nc32)c(Cl)c1. The van der Waals surface area contributed by atoms with Crippen LogP contribution in [0.1, 0.15) is 48.1 Å². The Morgan fingerprint density at radius 3 is 2.69 bits per heavy atom. The largest absolute Gasteiger partial charge is 0.464 e. The van der Waals surface area contributed by atoms with E-state index >= 15 is 0 Å². The Bertz CT molecular complexity index is 1020. The Hall–Kier alpha value is -2.60. The smallest absolute Gasteiger partial charge is 0.356 e. The van der Waals surface area contributed by atoms with Gasteiger partial charge in [-0.05, 0) is 43.2 Å². The van der Waals surface area contributed by atoms with Crippen LogP contribution in [0.4, 0.5) is 5.69 Å². The van der Waals surface area contributed by atoms with E-state index in [1.807, 2.05) is 23.6 Å². The quantitative estimate of drug-likeness (QED) is 0.389. The molecule has 0 atom stereocenters. The van der Waals surface area contributed by atoms with Crippen LogP contribution in [0.15, 0.2) is 30.3 Å². The van der Waals surface area contributed by atoms with E-state index in [1.165, 1.54) is 26.4 Å². The molecule has 0 unspecified atom stereocenters. The summed E-state index contributed by atoms with van der Waals surface area (Å²) in [6.45, 7) is 5.66. The first-order valence-corrected chi connectivity index (χ1v) is 10.2. The van der Waals surface area contributed by atoms with E-state index in [-0.39, 0.29) is 5.69 Å². The minimum Gasteiger partial charge on any atom is -0.464 e. The molecule has 0 spiro atoms. The minimum atomic E-state index is -0.467. The third-order valence-corrected chi connectivity index (χ3v) is 5.43. The van der Waals surface area contributed by atoms with Gasteiger partial charge in [0.25, 0.3) is 0 Å². The van der Waals surface area contributed by atoms with Crippen LogP contribution >= 0.6 is 11.6 Å². The fraction of sp³-hybridized carbons (Fsp3) is 0.409. The van der Waals surface area contributed by atoms with Gasteiger partial charge < -0.3 is 14.2 Å². The van der Waals surface area contributed by atoms with Crippen molar-refractivity contribution in [2.24, 2.45) is 0 Å². The van der Waals surface area contributed by atoms with Gasteiger partial charge in [-0.25, -0.2) is 14.8 Å². The first kappa shape index (κ1) is 21.1. The zero-order valence-corrected chi connectivity index (χ0v) is 18.2. The van der Waals surface area contributed by atoms with E-state index < -0.39 is 5.97 Å². The molecule has 0 fully saturated rings. The third-order valence-electron chi connectivity index (χ3n) is 5.08.